The Morgan fingerprint density at radius 2 is 2.40 bits per heavy atom. The number of rotatable bonds is 2. The van der Waals surface area contributed by atoms with E-state index >= 15 is 0 Å². The number of aromatic amines is 1. The van der Waals surface area contributed by atoms with Gasteiger partial charge in [0.1, 0.15) is 5.82 Å². The third-order valence-corrected chi connectivity index (χ3v) is 3.65. The Morgan fingerprint density at radius 1 is 1.60 bits per heavy atom. The molecule has 1 aliphatic heterocycles. The number of H-pyrrole nitrogens is 1. The van der Waals surface area contributed by atoms with E-state index < -0.39 is 0 Å². The van der Waals surface area contributed by atoms with Crippen LogP contribution in [0.3, 0.4) is 0 Å². The van der Waals surface area contributed by atoms with Gasteiger partial charge in [0, 0.05) is 12.5 Å². The maximum absolute atomic E-state index is 5.49. The van der Waals surface area contributed by atoms with Crippen molar-refractivity contribution in [2.24, 2.45) is 0 Å². The Morgan fingerprint density at radius 3 is 3.00 bits per heavy atom. The van der Waals surface area contributed by atoms with Crippen LogP contribution in [0.2, 0.25) is 0 Å². The van der Waals surface area contributed by atoms with E-state index in [0.29, 0.717) is 5.92 Å². The summed E-state index contributed by atoms with van der Waals surface area (Å²) < 4.78 is 8.41. The first-order chi connectivity index (χ1) is 7.21. The molecule has 1 aromatic heterocycles. The van der Waals surface area contributed by atoms with E-state index in [1.807, 2.05) is 0 Å². The zero-order valence-electron chi connectivity index (χ0n) is 8.82. The number of ether oxygens (including phenoxy) is 1. The van der Waals surface area contributed by atoms with Crippen LogP contribution in [-0.4, -0.2) is 28.0 Å². The van der Waals surface area contributed by atoms with Crippen LogP contribution in [0.25, 0.3) is 0 Å². The summed E-state index contributed by atoms with van der Waals surface area (Å²) in [5.74, 6) is 1.75. The minimum atomic E-state index is 0.0159. The highest BCUT2D eigenvalue weighted by molar-refractivity contribution is 7.71. The van der Waals surface area contributed by atoms with Gasteiger partial charge in [0.15, 0.2) is 4.77 Å². The van der Waals surface area contributed by atoms with Gasteiger partial charge in [0.25, 0.3) is 0 Å². The highest BCUT2D eigenvalue weighted by atomic mass is 32.1. The fourth-order valence-corrected chi connectivity index (χ4v) is 2.64. The zero-order valence-corrected chi connectivity index (χ0v) is 9.64. The minimum Gasteiger partial charge on any atom is -0.379 e. The molecule has 5 heteroatoms. The molecule has 4 nitrogen and oxygen atoms in total. The lowest BCUT2D eigenvalue weighted by atomic mass is 10.0. The van der Waals surface area contributed by atoms with Crippen LogP contribution in [0, 0.1) is 4.77 Å². The topological polar surface area (TPSA) is 42.8 Å². The van der Waals surface area contributed by atoms with Crippen molar-refractivity contribution in [1.29, 1.82) is 0 Å². The van der Waals surface area contributed by atoms with Gasteiger partial charge in [-0.1, -0.05) is 0 Å². The molecule has 1 aliphatic carbocycles. The van der Waals surface area contributed by atoms with Crippen LogP contribution in [0.4, 0.5) is 0 Å². The van der Waals surface area contributed by atoms with E-state index in [9.17, 15) is 0 Å². The first kappa shape index (κ1) is 9.54. The van der Waals surface area contributed by atoms with Crippen LogP contribution in [0.5, 0.6) is 0 Å². The molecule has 2 aliphatic rings. The van der Waals surface area contributed by atoms with Gasteiger partial charge in [-0.25, -0.2) is 0 Å². The second-order valence-electron chi connectivity index (χ2n) is 4.80. The normalized spacial score (nSPS) is 31.0. The standard InChI is InChI=1S/C10H15N3OS/c1-10(4-5-14-6-10)13-8(7-2-3-7)11-12-9(13)15/h7H,2-6H2,1H3,(H,12,15). The highest BCUT2D eigenvalue weighted by Gasteiger charge is 2.38. The summed E-state index contributed by atoms with van der Waals surface area (Å²) in [7, 11) is 0. The molecular formula is C10H15N3OS. The molecule has 0 spiro atoms. The van der Waals surface area contributed by atoms with Crippen molar-refractivity contribution in [2.75, 3.05) is 13.2 Å². The van der Waals surface area contributed by atoms with E-state index in [-0.39, 0.29) is 5.54 Å². The quantitative estimate of drug-likeness (QED) is 0.782. The molecule has 0 aromatic carbocycles. The SMILES string of the molecule is CC1(n2c(C3CC3)n[nH]c2=S)CCOC1. The van der Waals surface area contributed by atoms with Gasteiger partial charge in [0.2, 0.25) is 0 Å². The largest absolute Gasteiger partial charge is 0.379 e. The van der Waals surface area contributed by atoms with Crippen molar-refractivity contribution in [3.8, 4) is 0 Å². The van der Waals surface area contributed by atoms with Gasteiger partial charge in [0.05, 0.1) is 12.1 Å². The molecule has 1 unspecified atom stereocenters. The molecule has 1 atom stereocenters. The molecule has 0 radical (unpaired) electrons. The lowest BCUT2D eigenvalue weighted by Gasteiger charge is -2.25. The maximum Gasteiger partial charge on any atom is 0.195 e. The second kappa shape index (κ2) is 3.15. The van der Waals surface area contributed by atoms with E-state index in [1.54, 1.807) is 0 Å². The predicted molar refractivity (Wildman–Crippen MR) is 58.5 cm³/mol. The Bertz CT molecular complexity index is 426. The first-order valence-electron chi connectivity index (χ1n) is 5.46. The maximum atomic E-state index is 5.49. The monoisotopic (exact) mass is 225 g/mol. The van der Waals surface area contributed by atoms with Crippen LogP contribution in [-0.2, 0) is 10.3 Å². The third-order valence-electron chi connectivity index (χ3n) is 3.38. The Kier molecular flexibility index (Phi) is 2.01. The van der Waals surface area contributed by atoms with Crippen molar-refractivity contribution in [2.45, 2.75) is 37.6 Å². The van der Waals surface area contributed by atoms with E-state index in [4.69, 9.17) is 17.0 Å². The van der Waals surface area contributed by atoms with Gasteiger partial charge < -0.3 is 4.74 Å². The predicted octanol–water partition coefficient (Wildman–Crippen LogP) is 1.95. The van der Waals surface area contributed by atoms with E-state index in [1.165, 1.54) is 12.8 Å². The Balaban J connectivity index is 2.08. The molecule has 1 saturated carbocycles. The average Bonchev–Trinajstić information content (AvgIpc) is 2.85. The third kappa shape index (κ3) is 1.45. The summed E-state index contributed by atoms with van der Waals surface area (Å²) in [5.41, 5.74) is 0.0159. The van der Waals surface area contributed by atoms with E-state index in [2.05, 4.69) is 21.7 Å². The van der Waals surface area contributed by atoms with Gasteiger partial charge in [-0.2, -0.15) is 5.10 Å². The summed E-state index contributed by atoms with van der Waals surface area (Å²) >= 11 is 5.32. The molecule has 3 rings (SSSR count). The van der Waals surface area contributed by atoms with Gasteiger partial charge in [-0.3, -0.25) is 9.67 Å². The van der Waals surface area contributed by atoms with Gasteiger partial charge in [-0.15, -0.1) is 0 Å². The lowest BCUT2D eigenvalue weighted by Crippen LogP contribution is -2.32. The number of hydrogen-bond donors (Lipinski definition) is 1. The van der Waals surface area contributed by atoms with E-state index in [0.717, 1.165) is 30.2 Å². The summed E-state index contributed by atoms with van der Waals surface area (Å²) in [6, 6.07) is 0. The van der Waals surface area contributed by atoms with Crippen LogP contribution >= 0.6 is 12.2 Å². The number of nitrogens with zero attached hydrogens (tertiary/aromatic N) is 2. The van der Waals surface area contributed by atoms with Crippen LogP contribution in [0.15, 0.2) is 0 Å². The molecule has 0 bridgehead atoms. The Labute approximate surface area is 93.6 Å². The number of aromatic nitrogens is 3. The van der Waals surface area contributed by atoms with Crippen molar-refractivity contribution in [3.63, 3.8) is 0 Å². The minimum absolute atomic E-state index is 0.0159. The van der Waals surface area contributed by atoms with Crippen molar-refractivity contribution in [1.82, 2.24) is 14.8 Å². The zero-order chi connectivity index (χ0) is 10.5. The first-order valence-corrected chi connectivity index (χ1v) is 5.87. The fraction of sp³-hybridized carbons (Fsp3) is 0.800. The molecule has 0 amide bonds. The number of nitrogens with one attached hydrogen (secondary N) is 1. The molecular weight excluding hydrogens is 210 g/mol. The van der Waals surface area contributed by atoms with Crippen LogP contribution in [0.1, 0.15) is 37.9 Å². The summed E-state index contributed by atoms with van der Waals surface area (Å²) in [6.45, 7) is 3.78. The average molecular weight is 225 g/mol. The summed E-state index contributed by atoms with van der Waals surface area (Å²) in [4.78, 5) is 0. The Hall–Kier alpha value is -0.680. The van der Waals surface area contributed by atoms with Crippen LogP contribution < -0.4 is 0 Å². The van der Waals surface area contributed by atoms with Crippen molar-refractivity contribution >= 4 is 12.2 Å². The van der Waals surface area contributed by atoms with Crippen molar-refractivity contribution in [3.05, 3.63) is 10.6 Å². The van der Waals surface area contributed by atoms with Gasteiger partial charge >= 0.3 is 0 Å². The fourth-order valence-electron chi connectivity index (χ4n) is 2.28. The molecule has 1 saturated heterocycles. The second-order valence-corrected chi connectivity index (χ2v) is 5.18. The molecule has 1 N–H and O–H groups in total. The summed E-state index contributed by atoms with van der Waals surface area (Å²) in [6.07, 6.45) is 3.52. The molecule has 2 heterocycles. The summed E-state index contributed by atoms with van der Waals surface area (Å²) in [5, 5.41) is 7.28. The number of hydrogen-bond acceptors (Lipinski definition) is 3. The molecule has 15 heavy (non-hydrogen) atoms. The molecule has 1 aromatic rings. The lowest BCUT2D eigenvalue weighted by molar-refractivity contribution is 0.159. The van der Waals surface area contributed by atoms with Crippen molar-refractivity contribution < 1.29 is 4.74 Å². The van der Waals surface area contributed by atoms with Gasteiger partial charge in [-0.05, 0) is 38.4 Å². The molecule has 2 fully saturated rings. The smallest absolute Gasteiger partial charge is 0.195 e. The highest BCUT2D eigenvalue weighted by Crippen LogP contribution is 2.41. The molecule has 82 valence electrons.